The van der Waals surface area contributed by atoms with Gasteiger partial charge < -0.3 is 4.40 Å². The molecule has 0 amide bonds. The molecule has 0 bridgehead atoms. The van der Waals surface area contributed by atoms with Gasteiger partial charge in [0, 0.05) is 22.7 Å². The van der Waals surface area contributed by atoms with Crippen LogP contribution in [-0.4, -0.2) is 8.80 Å². The maximum atomic E-state index is 2.27. The molecule has 0 aliphatic carbocycles. The van der Waals surface area contributed by atoms with Crippen molar-refractivity contribution < 1.29 is 0 Å². The van der Waals surface area contributed by atoms with Crippen LogP contribution < -0.4 is 0 Å². The summed E-state index contributed by atoms with van der Waals surface area (Å²) in [5, 5.41) is 0. The Hall–Kier alpha value is -1.96. The van der Waals surface area contributed by atoms with Gasteiger partial charge in [0.2, 0.25) is 0 Å². The maximum absolute atomic E-state index is 2.27. The highest BCUT2D eigenvalue weighted by Gasteiger charge is 2.05. The number of hydrogen-bond acceptors (Lipinski definition) is 0. The minimum atomic E-state index is 1.24. The Kier molecular flexibility index (Phi) is 0.892. The summed E-state index contributed by atoms with van der Waals surface area (Å²) in [5.41, 5.74) is 5.03. The highest BCUT2D eigenvalue weighted by atomic mass is 15.0. The lowest BCUT2D eigenvalue weighted by Crippen LogP contribution is -1.90. The van der Waals surface area contributed by atoms with E-state index in [1.165, 1.54) is 22.2 Å². The van der Waals surface area contributed by atoms with E-state index >= 15 is 0 Å². The summed E-state index contributed by atoms with van der Waals surface area (Å²) in [6.07, 6.45) is 2.10. The molecule has 2 heteroatoms. The molecule has 14 heavy (non-hydrogen) atoms. The second-order valence-corrected chi connectivity index (χ2v) is 3.66. The fraction of sp³-hybridized carbons (Fsp3) is 0. The Bertz CT molecular complexity index is 730. The predicted molar refractivity (Wildman–Crippen MR) is 57.0 cm³/mol. The van der Waals surface area contributed by atoms with Crippen molar-refractivity contribution >= 4 is 22.2 Å². The van der Waals surface area contributed by atoms with E-state index in [9.17, 15) is 0 Å². The van der Waals surface area contributed by atoms with Crippen molar-refractivity contribution in [3.8, 4) is 0 Å². The fourth-order valence-electron chi connectivity index (χ4n) is 2.27. The Morgan fingerprint density at radius 1 is 0.786 bits per heavy atom. The topological polar surface area (TPSA) is 8.82 Å². The normalized spacial score (nSPS) is 12.3. The molecule has 0 atom stereocenters. The fourth-order valence-corrected chi connectivity index (χ4v) is 2.27. The molecule has 0 saturated carbocycles. The molecule has 0 unspecified atom stereocenters. The molecule has 0 N–H and O–H groups in total. The van der Waals surface area contributed by atoms with E-state index in [0.717, 1.165) is 0 Å². The monoisotopic (exact) mass is 180 g/mol. The van der Waals surface area contributed by atoms with Crippen LogP contribution in [0.4, 0.5) is 0 Å². The van der Waals surface area contributed by atoms with E-state index in [4.69, 9.17) is 0 Å². The zero-order valence-corrected chi connectivity index (χ0v) is 7.51. The maximum Gasteiger partial charge on any atom is 0.122 e. The van der Waals surface area contributed by atoms with Crippen LogP contribution >= 0.6 is 0 Å². The number of nitrogens with zero attached hydrogens (tertiary/aromatic N) is 2. The van der Waals surface area contributed by atoms with Crippen molar-refractivity contribution in [3.63, 3.8) is 0 Å². The summed E-state index contributed by atoms with van der Waals surface area (Å²) >= 11 is 0. The minimum Gasteiger partial charge on any atom is -0.303 e. The molecule has 2 nitrogen and oxygen atoms in total. The third-order valence-corrected chi connectivity index (χ3v) is 2.90. The van der Waals surface area contributed by atoms with Gasteiger partial charge in [-0.2, -0.15) is 0 Å². The number of fused-ring (bicyclic) bond motifs is 2. The average Bonchev–Trinajstić information content (AvgIpc) is 2.86. The van der Waals surface area contributed by atoms with Gasteiger partial charge >= 0.3 is 0 Å². The van der Waals surface area contributed by atoms with Gasteiger partial charge in [0.1, 0.15) is 5.65 Å². The van der Waals surface area contributed by atoms with E-state index in [1.54, 1.807) is 0 Å². The van der Waals surface area contributed by atoms with Gasteiger partial charge in [-0.3, -0.25) is 4.40 Å². The highest BCUT2D eigenvalue weighted by molar-refractivity contribution is 5.77. The molecule has 0 fully saturated rings. The molecule has 4 heterocycles. The van der Waals surface area contributed by atoms with Gasteiger partial charge in [-0.15, -0.1) is 0 Å². The SMILES string of the molecule is c1cc2cc3ccc4ccc(n2c1)n43. The van der Waals surface area contributed by atoms with Gasteiger partial charge in [-0.05, 0) is 42.5 Å². The van der Waals surface area contributed by atoms with Crippen LogP contribution in [0.2, 0.25) is 0 Å². The van der Waals surface area contributed by atoms with Crippen LogP contribution in [0.5, 0.6) is 0 Å². The summed E-state index contributed by atoms with van der Waals surface area (Å²) in [7, 11) is 0. The second-order valence-electron chi connectivity index (χ2n) is 3.66. The largest absolute Gasteiger partial charge is 0.303 e. The first-order valence-corrected chi connectivity index (χ1v) is 4.73. The van der Waals surface area contributed by atoms with E-state index in [1.807, 2.05) is 0 Å². The van der Waals surface area contributed by atoms with E-state index in [0.29, 0.717) is 0 Å². The van der Waals surface area contributed by atoms with Crippen LogP contribution in [0.15, 0.2) is 48.7 Å². The molecule has 4 aromatic heterocycles. The number of aromatic nitrogens is 2. The second kappa shape index (κ2) is 1.93. The molecule has 0 radical (unpaired) electrons. The molecule has 0 spiro atoms. The molecule has 0 aliphatic rings. The average molecular weight is 180 g/mol. The standard InChI is InChI=1S/C12H8N2/c1-2-10-8-11-4-3-9-5-6-12(14(9)11)13(10)7-1/h1-8H. The molecule has 0 aliphatic heterocycles. The van der Waals surface area contributed by atoms with Crippen molar-refractivity contribution in [2.75, 3.05) is 0 Å². The zero-order chi connectivity index (χ0) is 9.12. The first-order chi connectivity index (χ1) is 6.93. The lowest BCUT2D eigenvalue weighted by atomic mass is 10.4. The summed E-state index contributed by atoms with van der Waals surface area (Å²) in [4.78, 5) is 0. The third kappa shape index (κ3) is 0.567. The van der Waals surface area contributed by atoms with Gasteiger partial charge in [-0.25, -0.2) is 0 Å². The van der Waals surface area contributed by atoms with Gasteiger partial charge in [-0.1, -0.05) is 0 Å². The van der Waals surface area contributed by atoms with Crippen LogP contribution in [0.1, 0.15) is 0 Å². The molecule has 0 saturated heterocycles. The first-order valence-electron chi connectivity index (χ1n) is 4.73. The summed E-state index contributed by atoms with van der Waals surface area (Å²) in [5.74, 6) is 0. The summed E-state index contributed by atoms with van der Waals surface area (Å²) in [6, 6.07) is 15.1. The first kappa shape index (κ1) is 6.49. The Morgan fingerprint density at radius 3 is 2.64 bits per heavy atom. The molecular formula is C12H8N2. The number of hydrogen-bond donors (Lipinski definition) is 0. The van der Waals surface area contributed by atoms with Crippen molar-refractivity contribution in [2.24, 2.45) is 0 Å². The lowest BCUT2D eigenvalue weighted by molar-refractivity contribution is 1.17. The van der Waals surface area contributed by atoms with Crippen molar-refractivity contribution in [1.29, 1.82) is 0 Å². The molecular weight excluding hydrogens is 172 g/mol. The van der Waals surface area contributed by atoms with E-state index < -0.39 is 0 Å². The molecule has 4 rings (SSSR count). The Labute approximate surface area is 80.3 Å². The highest BCUT2D eigenvalue weighted by Crippen LogP contribution is 2.22. The van der Waals surface area contributed by atoms with E-state index in [2.05, 4.69) is 57.5 Å². The van der Waals surface area contributed by atoms with Gasteiger partial charge in [0.25, 0.3) is 0 Å². The summed E-state index contributed by atoms with van der Waals surface area (Å²) in [6.45, 7) is 0. The number of rotatable bonds is 0. The van der Waals surface area contributed by atoms with Gasteiger partial charge in [0.15, 0.2) is 0 Å². The lowest BCUT2D eigenvalue weighted by Gasteiger charge is -2.01. The third-order valence-electron chi connectivity index (χ3n) is 2.90. The molecule has 0 aromatic carbocycles. The Morgan fingerprint density at radius 2 is 1.64 bits per heavy atom. The van der Waals surface area contributed by atoms with Crippen LogP contribution in [0.25, 0.3) is 22.2 Å². The molecule has 4 aromatic rings. The molecule has 66 valence electrons. The van der Waals surface area contributed by atoms with Crippen LogP contribution in [0.3, 0.4) is 0 Å². The summed E-state index contributed by atoms with van der Waals surface area (Å²) < 4.78 is 4.48. The van der Waals surface area contributed by atoms with E-state index in [-0.39, 0.29) is 0 Å². The predicted octanol–water partition coefficient (Wildman–Crippen LogP) is 2.78. The van der Waals surface area contributed by atoms with Crippen molar-refractivity contribution in [1.82, 2.24) is 8.80 Å². The Balaban J connectivity index is 2.54. The van der Waals surface area contributed by atoms with Crippen molar-refractivity contribution in [2.45, 2.75) is 0 Å². The van der Waals surface area contributed by atoms with Crippen molar-refractivity contribution in [3.05, 3.63) is 48.7 Å². The minimum absolute atomic E-state index is 1.24. The van der Waals surface area contributed by atoms with Gasteiger partial charge in [0.05, 0.1) is 0 Å². The quantitative estimate of drug-likeness (QED) is 0.393. The zero-order valence-electron chi connectivity index (χ0n) is 7.51. The van der Waals surface area contributed by atoms with Crippen LogP contribution in [-0.2, 0) is 0 Å². The van der Waals surface area contributed by atoms with Crippen LogP contribution in [0, 0.1) is 0 Å². The smallest absolute Gasteiger partial charge is 0.122 e.